The molecular weight excluding hydrogens is 241 g/mol. The summed E-state index contributed by atoms with van der Waals surface area (Å²) in [6.07, 6.45) is 1.72. The van der Waals surface area contributed by atoms with Crippen LogP contribution in [0.15, 0.2) is 42.6 Å². The third-order valence-electron chi connectivity index (χ3n) is 2.67. The lowest BCUT2D eigenvalue weighted by atomic mass is 10.0. The molecule has 3 aromatic rings. The number of fused-ring (bicyclic) bond motifs is 3. The summed E-state index contributed by atoms with van der Waals surface area (Å²) in [5.41, 5.74) is 0. The summed E-state index contributed by atoms with van der Waals surface area (Å²) in [7, 11) is 0. The number of pyridine rings is 1. The van der Waals surface area contributed by atoms with E-state index in [1.807, 2.05) is 36.4 Å². The topological polar surface area (TPSA) is 12.9 Å². The molecule has 0 fully saturated rings. The van der Waals surface area contributed by atoms with Gasteiger partial charge in [0.2, 0.25) is 0 Å². The van der Waals surface area contributed by atoms with Crippen LogP contribution in [0.2, 0.25) is 10.2 Å². The minimum atomic E-state index is 0.536. The summed E-state index contributed by atoms with van der Waals surface area (Å²) in [4.78, 5) is 4.07. The van der Waals surface area contributed by atoms with Gasteiger partial charge in [-0.1, -0.05) is 41.4 Å². The van der Waals surface area contributed by atoms with Crippen LogP contribution in [0, 0.1) is 0 Å². The molecule has 1 nitrogen and oxygen atoms in total. The molecule has 3 heteroatoms. The van der Waals surface area contributed by atoms with Crippen molar-refractivity contribution >= 4 is 44.7 Å². The van der Waals surface area contributed by atoms with E-state index in [4.69, 9.17) is 23.2 Å². The van der Waals surface area contributed by atoms with E-state index < -0.39 is 0 Å². The minimum absolute atomic E-state index is 0.536. The van der Waals surface area contributed by atoms with Gasteiger partial charge in [0, 0.05) is 16.6 Å². The quantitative estimate of drug-likeness (QED) is 0.415. The van der Waals surface area contributed by atoms with Crippen LogP contribution in [0.4, 0.5) is 0 Å². The van der Waals surface area contributed by atoms with E-state index in [9.17, 15) is 0 Å². The molecule has 0 bridgehead atoms. The van der Waals surface area contributed by atoms with Crippen LogP contribution in [0.5, 0.6) is 0 Å². The lowest BCUT2D eigenvalue weighted by molar-refractivity contribution is 1.37. The van der Waals surface area contributed by atoms with E-state index in [-0.39, 0.29) is 0 Å². The van der Waals surface area contributed by atoms with Crippen LogP contribution >= 0.6 is 23.2 Å². The zero-order chi connectivity index (χ0) is 11.1. The summed E-state index contributed by atoms with van der Waals surface area (Å²) in [6, 6.07) is 11.8. The van der Waals surface area contributed by atoms with Crippen molar-refractivity contribution in [2.45, 2.75) is 0 Å². The van der Waals surface area contributed by atoms with Gasteiger partial charge in [0.15, 0.2) is 0 Å². The second kappa shape index (κ2) is 3.62. The maximum Gasteiger partial charge on any atom is 0.136 e. The maximum atomic E-state index is 6.05. The molecule has 3 rings (SSSR count). The number of nitrogens with zero attached hydrogens (tertiary/aromatic N) is 1. The van der Waals surface area contributed by atoms with Crippen molar-refractivity contribution in [3.63, 3.8) is 0 Å². The van der Waals surface area contributed by atoms with Crippen LogP contribution in [-0.2, 0) is 0 Å². The Morgan fingerprint density at radius 1 is 0.812 bits per heavy atom. The number of aromatic nitrogens is 1. The summed E-state index contributed by atoms with van der Waals surface area (Å²) >= 11 is 12.0. The Labute approximate surface area is 103 Å². The fourth-order valence-corrected chi connectivity index (χ4v) is 2.33. The fourth-order valence-electron chi connectivity index (χ4n) is 1.93. The summed E-state index contributed by atoms with van der Waals surface area (Å²) < 4.78 is 0. The highest BCUT2D eigenvalue weighted by Gasteiger charge is 2.04. The largest absolute Gasteiger partial charge is 0.244 e. The molecule has 0 radical (unpaired) electrons. The predicted molar refractivity (Wildman–Crippen MR) is 69.3 cm³/mol. The van der Waals surface area contributed by atoms with Crippen molar-refractivity contribution in [3.8, 4) is 0 Å². The van der Waals surface area contributed by atoms with Crippen molar-refractivity contribution < 1.29 is 0 Å². The van der Waals surface area contributed by atoms with Gasteiger partial charge in [-0.3, -0.25) is 0 Å². The van der Waals surface area contributed by atoms with E-state index in [1.54, 1.807) is 6.20 Å². The molecule has 1 aromatic heterocycles. The summed E-state index contributed by atoms with van der Waals surface area (Å²) in [5.74, 6) is 0. The number of hydrogen-bond acceptors (Lipinski definition) is 1. The van der Waals surface area contributed by atoms with Gasteiger partial charge in [-0.25, -0.2) is 4.98 Å². The van der Waals surface area contributed by atoms with Gasteiger partial charge in [-0.2, -0.15) is 0 Å². The summed E-state index contributed by atoms with van der Waals surface area (Å²) in [6.45, 7) is 0. The first kappa shape index (κ1) is 9.88. The molecule has 0 aliphatic heterocycles. The molecule has 0 atom stereocenters. The SMILES string of the molecule is Clc1ccc2c(ccc3c(Cl)nccc32)c1. The van der Waals surface area contributed by atoms with Crippen LogP contribution < -0.4 is 0 Å². The van der Waals surface area contributed by atoms with Gasteiger partial charge in [-0.15, -0.1) is 0 Å². The molecule has 0 amide bonds. The zero-order valence-corrected chi connectivity index (χ0v) is 9.76. The Bertz CT molecular complexity index is 692. The third-order valence-corrected chi connectivity index (χ3v) is 3.21. The Hall–Kier alpha value is -1.31. The monoisotopic (exact) mass is 247 g/mol. The first-order valence-electron chi connectivity index (χ1n) is 4.88. The van der Waals surface area contributed by atoms with E-state index >= 15 is 0 Å². The lowest BCUT2D eigenvalue weighted by Crippen LogP contribution is -1.81. The van der Waals surface area contributed by atoms with Crippen molar-refractivity contribution in [2.75, 3.05) is 0 Å². The normalized spacial score (nSPS) is 11.1. The molecule has 0 saturated carbocycles. The second-order valence-corrected chi connectivity index (χ2v) is 4.42. The summed E-state index contributed by atoms with van der Waals surface area (Å²) in [5, 5.41) is 5.61. The minimum Gasteiger partial charge on any atom is -0.244 e. The number of hydrogen-bond donors (Lipinski definition) is 0. The standard InChI is InChI=1S/C13H7Cl2N/c14-9-2-4-10-8(7-9)1-3-12-11(10)5-6-16-13(12)15/h1-7H. The molecule has 78 valence electrons. The van der Waals surface area contributed by atoms with Gasteiger partial charge in [0.1, 0.15) is 5.15 Å². The molecular formula is C13H7Cl2N. The highest BCUT2D eigenvalue weighted by atomic mass is 35.5. The number of benzene rings is 2. The van der Waals surface area contributed by atoms with Gasteiger partial charge in [0.25, 0.3) is 0 Å². The van der Waals surface area contributed by atoms with E-state index in [0.29, 0.717) is 5.15 Å². The fraction of sp³-hybridized carbons (Fsp3) is 0. The lowest BCUT2D eigenvalue weighted by Gasteiger charge is -2.04. The average Bonchev–Trinajstić information content (AvgIpc) is 2.28. The molecule has 0 N–H and O–H groups in total. The Morgan fingerprint density at radius 2 is 1.62 bits per heavy atom. The van der Waals surface area contributed by atoms with Crippen molar-refractivity contribution in [1.82, 2.24) is 4.98 Å². The molecule has 0 spiro atoms. The van der Waals surface area contributed by atoms with Crippen molar-refractivity contribution in [2.24, 2.45) is 0 Å². The van der Waals surface area contributed by atoms with E-state index in [0.717, 1.165) is 26.6 Å². The van der Waals surface area contributed by atoms with E-state index in [1.165, 1.54) is 0 Å². The third kappa shape index (κ3) is 1.44. The maximum absolute atomic E-state index is 6.05. The number of halogens is 2. The first-order chi connectivity index (χ1) is 7.75. The molecule has 16 heavy (non-hydrogen) atoms. The highest BCUT2D eigenvalue weighted by Crippen LogP contribution is 2.30. The Kier molecular flexibility index (Phi) is 2.23. The Morgan fingerprint density at radius 3 is 2.50 bits per heavy atom. The molecule has 0 unspecified atom stereocenters. The van der Waals surface area contributed by atoms with Gasteiger partial charge in [0.05, 0.1) is 0 Å². The molecule has 0 aliphatic carbocycles. The van der Waals surface area contributed by atoms with Crippen LogP contribution in [0.25, 0.3) is 21.5 Å². The molecule has 1 heterocycles. The predicted octanol–water partition coefficient (Wildman–Crippen LogP) is 4.69. The first-order valence-corrected chi connectivity index (χ1v) is 5.64. The van der Waals surface area contributed by atoms with Gasteiger partial charge >= 0.3 is 0 Å². The van der Waals surface area contributed by atoms with Crippen LogP contribution in [-0.4, -0.2) is 4.98 Å². The van der Waals surface area contributed by atoms with E-state index in [2.05, 4.69) is 4.98 Å². The van der Waals surface area contributed by atoms with Crippen LogP contribution in [0.3, 0.4) is 0 Å². The number of rotatable bonds is 0. The molecule has 0 saturated heterocycles. The van der Waals surface area contributed by atoms with Crippen LogP contribution in [0.1, 0.15) is 0 Å². The second-order valence-electron chi connectivity index (χ2n) is 3.63. The van der Waals surface area contributed by atoms with Crippen molar-refractivity contribution in [1.29, 1.82) is 0 Å². The zero-order valence-electron chi connectivity index (χ0n) is 8.24. The van der Waals surface area contributed by atoms with Crippen molar-refractivity contribution in [3.05, 3.63) is 52.8 Å². The van der Waals surface area contributed by atoms with Gasteiger partial charge in [-0.05, 0) is 34.4 Å². The van der Waals surface area contributed by atoms with Gasteiger partial charge < -0.3 is 0 Å². The molecule has 0 aliphatic rings. The molecule has 2 aromatic carbocycles. The smallest absolute Gasteiger partial charge is 0.136 e. The Balaban J connectivity index is 2.55. The highest BCUT2D eigenvalue weighted by molar-refractivity contribution is 6.35. The average molecular weight is 248 g/mol.